The van der Waals surface area contributed by atoms with Gasteiger partial charge >= 0.3 is 0 Å². The lowest BCUT2D eigenvalue weighted by Gasteiger charge is -2.04. The molecular formula is C18H24O2. The van der Waals surface area contributed by atoms with Gasteiger partial charge in [-0.25, -0.2) is 0 Å². The van der Waals surface area contributed by atoms with E-state index in [0.717, 1.165) is 11.3 Å². The minimum atomic E-state index is 0.392. The molecule has 0 saturated heterocycles. The van der Waals surface area contributed by atoms with Crippen LogP contribution in [0.3, 0.4) is 0 Å². The van der Waals surface area contributed by atoms with E-state index in [1.165, 1.54) is 22.3 Å². The molecule has 108 valence electrons. The third-order valence-electron chi connectivity index (χ3n) is 3.74. The molecule has 2 nitrogen and oxygen atoms in total. The third-order valence-corrected chi connectivity index (χ3v) is 3.74. The molecule has 0 aliphatic heterocycles. The van der Waals surface area contributed by atoms with Gasteiger partial charge in [-0.3, -0.25) is 0 Å². The number of methoxy groups -OCH3 is 1. The summed E-state index contributed by atoms with van der Waals surface area (Å²) < 4.78 is 5.05. The average Bonchev–Trinajstić information content (AvgIpc) is 2.44. The molecule has 20 heavy (non-hydrogen) atoms. The van der Waals surface area contributed by atoms with Crippen LogP contribution < -0.4 is 4.74 Å². The van der Waals surface area contributed by atoms with Crippen molar-refractivity contribution in [2.45, 2.75) is 34.6 Å². The first-order valence-corrected chi connectivity index (χ1v) is 6.73. The van der Waals surface area contributed by atoms with E-state index in [4.69, 9.17) is 4.74 Å². The first-order chi connectivity index (χ1) is 9.36. The second-order valence-corrected chi connectivity index (χ2v) is 5.10. The molecule has 0 atom stereocenters. The summed E-state index contributed by atoms with van der Waals surface area (Å²) in [6.07, 6.45) is 0. The van der Waals surface area contributed by atoms with Gasteiger partial charge in [-0.15, -0.1) is 0 Å². The lowest BCUT2D eigenvalue weighted by atomic mass is 10.0. The van der Waals surface area contributed by atoms with Crippen molar-refractivity contribution in [3.8, 4) is 11.5 Å². The summed E-state index contributed by atoms with van der Waals surface area (Å²) in [5, 5.41) is 9.22. The van der Waals surface area contributed by atoms with Crippen molar-refractivity contribution in [2.75, 3.05) is 7.11 Å². The highest BCUT2D eigenvalue weighted by molar-refractivity contribution is 5.41. The molecule has 0 spiro atoms. The summed E-state index contributed by atoms with van der Waals surface area (Å²) in [6.45, 7) is 10.2. The molecular weight excluding hydrogens is 248 g/mol. The maximum Gasteiger partial charge on any atom is 0.119 e. The third kappa shape index (κ3) is 4.02. The molecule has 0 fully saturated rings. The van der Waals surface area contributed by atoms with Crippen LogP contribution in [0.2, 0.25) is 0 Å². The summed E-state index contributed by atoms with van der Waals surface area (Å²) >= 11 is 0. The second kappa shape index (κ2) is 6.99. The number of phenols is 1. The summed E-state index contributed by atoms with van der Waals surface area (Å²) in [4.78, 5) is 0. The molecule has 0 aromatic heterocycles. The Morgan fingerprint density at radius 1 is 0.750 bits per heavy atom. The van der Waals surface area contributed by atoms with Crippen LogP contribution in [0.5, 0.6) is 11.5 Å². The van der Waals surface area contributed by atoms with Crippen LogP contribution in [0.4, 0.5) is 0 Å². The van der Waals surface area contributed by atoms with Gasteiger partial charge in [0.15, 0.2) is 0 Å². The Kier molecular flexibility index (Phi) is 5.63. The summed E-state index contributed by atoms with van der Waals surface area (Å²) in [6, 6.07) is 9.74. The highest BCUT2D eigenvalue weighted by Crippen LogP contribution is 2.21. The average molecular weight is 272 g/mol. The molecule has 1 N–H and O–H groups in total. The zero-order valence-electron chi connectivity index (χ0n) is 13.2. The van der Waals surface area contributed by atoms with Gasteiger partial charge in [-0.2, -0.15) is 0 Å². The van der Waals surface area contributed by atoms with Crippen LogP contribution in [0.15, 0.2) is 30.3 Å². The summed E-state index contributed by atoms with van der Waals surface area (Å²) in [7, 11) is 1.68. The summed E-state index contributed by atoms with van der Waals surface area (Å²) in [5.74, 6) is 1.33. The van der Waals surface area contributed by atoms with E-state index in [1.54, 1.807) is 13.2 Å². The van der Waals surface area contributed by atoms with Crippen LogP contribution in [0, 0.1) is 34.6 Å². The molecule has 2 aromatic carbocycles. The van der Waals surface area contributed by atoms with E-state index >= 15 is 0 Å². The monoisotopic (exact) mass is 272 g/mol. The van der Waals surface area contributed by atoms with E-state index in [2.05, 4.69) is 19.9 Å². The molecule has 0 amide bonds. The maximum absolute atomic E-state index is 9.22. The molecule has 2 rings (SSSR count). The van der Waals surface area contributed by atoms with Gasteiger partial charge in [0.1, 0.15) is 11.5 Å². The number of phenolic OH excluding ortho intramolecular Hbond substituents is 1. The van der Waals surface area contributed by atoms with Gasteiger partial charge in [0.25, 0.3) is 0 Å². The Morgan fingerprint density at radius 2 is 1.35 bits per heavy atom. The first-order valence-electron chi connectivity index (χ1n) is 6.73. The minimum Gasteiger partial charge on any atom is -0.508 e. The van der Waals surface area contributed by atoms with Crippen molar-refractivity contribution in [1.29, 1.82) is 0 Å². The zero-order chi connectivity index (χ0) is 15.3. The Morgan fingerprint density at radius 3 is 1.85 bits per heavy atom. The van der Waals surface area contributed by atoms with Crippen molar-refractivity contribution >= 4 is 0 Å². The van der Waals surface area contributed by atoms with Crippen molar-refractivity contribution in [1.82, 2.24) is 0 Å². The Balaban J connectivity index is 0.000000200. The molecule has 0 bridgehead atoms. The first kappa shape index (κ1) is 16.1. The predicted octanol–water partition coefficient (Wildman–Crippen LogP) is 4.63. The second-order valence-electron chi connectivity index (χ2n) is 5.10. The molecule has 2 aromatic rings. The number of ether oxygens (including phenoxy) is 1. The zero-order valence-corrected chi connectivity index (χ0v) is 13.2. The number of rotatable bonds is 1. The molecule has 0 unspecified atom stereocenters. The van der Waals surface area contributed by atoms with Crippen LogP contribution in [0.25, 0.3) is 0 Å². The number of benzene rings is 2. The van der Waals surface area contributed by atoms with Gasteiger partial charge in [0.05, 0.1) is 7.11 Å². The quantitative estimate of drug-likeness (QED) is 0.820. The van der Waals surface area contributed by atoms with Crippen LogP contribution in [-0.2, 0) is 0 Å². The molecule has 0 saturated carbocycles. The summed E-state index contributed by atoms with van der Waals surface area (Å²) in [5.41, 5.74) is 5.98. The van der Waals surface area contributed by atoms with Crippen LogP contribution in [-0.4, -0.2) is 12.2 Å². The van der Waals surface area contributed by atoms with Crippen molar-refractivity contribution in [3.05, 3.63) is 58.1 Å². The van der Waals surface area contributed by atoms with Gasteiger partial charge < -0.3 is 9.84 Å². The van der Waals surface area contributed by atoms with Gasteiger partial charge in [-0.1, -0.05) is 12.1 Å². The smallest absolute Gasteiger partial charge is 0.119 e. The van der Waals surface area contributed by atoms with E-state index in [1.807, 2.05) is 39.0 Å². The fourth-order valence-corrected chi connectivity index (χ4v) is 1.78. The van der Waals surface area contributed by atoms with E-state index < -0.39 is 0 Å². The SMILES string of the molecule is COc1ccc(C)c(C)c1.Cc1ccc(O)c(C)c1C. The van der Waals surface area contributed by atoms with Gasteiger partial charge in [0, 0.05) is 0 Å². The Bertz CT molecular complexity index is 559. The molecule has 0 aliphatic carbocycles. The van der Waals surface area contributed by atoms with E-state index in [9.17, 15) is 5.11 Å². The predicted molar refractivity (Wildman–Crippen MR) is 84.8 cm³/mol. The Labute approximate surface area is 122 Å². The normalized spacial score (nSPS) is 9.70. The fraction of sp³-hybridized carbons (Fsp3) is 0.333. The number of aromatic hydroxyl groups is 1. The molecule has 0 aliphatic rings. The molecule has 0 heterocycles. The fourth-order valence-electron chi connectivity index (χ4n) is 1.78. The highest BCUT2D eigenvalue weighted by Gasteiger charge is 1.99. The Hall–Kier alpha value is -1.96. The highest BCUT2D eigenvalue weighted by atomic mass is 16.5. The van der Waals surface area contributed by atoms with E-state index in [-0.39, 0.29) is 0 Å². The van der Waals surface area contributed by atoms with Gasteiger partial charge in [0.2, 0.25) is 0 Å². The number of hydrogen-bond acceptors (Lipinski definition) is 2. The van der Waals surface area contributed by atoms with Crippen molar-refractivity contribution in [2.24, 2.45) is 0 Å². The van der Waals surface area contributed by atoms with Crippen LogP contribution >= 0.6 is 0 Å². The molecule has 2 heteroatoms. The van der Waals surface area contributed by atoms with Crippen molar-refractivity contribution in [3.63, 3.8) is 0 Å². The number of aryl methyl sites for hydroxylation is 3. The lowest BCUT2D eigenvalue weighted by molar-refractivity contribution is 0.414. The maximum atomic E-state index is 9.22. The van der Waals surface area contributed by atoms with E-state index in [0.29, 0.717) is 5.75 Å². The largest absolute Gasteiger partial charge is 0.508 e. The topological polar surface area (TPSA) is 29.5 Å². The number of hydrogen-bond donors (Lipinski definition) is 1. The standard InChI is InChI=1S/2C9H12O/c1-7-4-5-9(10-3)6-8(7)2;1-6-4-5-9(10)8(3)7(6)2/h4-6H,1-3H3;4-5,10H,1-3H3. The van der Waals surface area contributed by atoms with Crippen molar-refractivity contribution < 1.29 is 9.84 Å². The van der Waals surface area contributed by atoms with Crippen LogP contribution in [0.1, 0.15) is 27.8 Å². The lowest BCUT2D eigenvalue weighted by Crippen LogP contribution is -1.85. The van der Waals surface area contributed by atoms with Gasteiger partial charge in [-0.05, 0) is 80.6 Å². The molecule has 0 radical (unpaired) electrons. The minimum absolute atomic E-state index is 0.392.